The van der Waals surface area contributed by atoms with Crippen LogP contribution in [0.1, 0.15) is 49.3 Å². The van der Waals surface area contributed by atoms with Crippen molar-refractivity contribution in [1.29, 1.82) is 0 Å². The molecule has 168 valence electrons. The third-order valence-electron chi connectivity index (χ3n) is 5.38. The van der Waals surface area contributed by atoms with Crippen molar-refractivity contribution in [2.75, 3.05) is 11.5 Å². The summed E-state index contributed by atoms with van der Waals surface area (Å²) in [5, 5.41) is 2.69. The van der Waals surface area contributed by atoms with Gasteiger partial charge in [-0.05, 0) is 67.8 Å². The van der Waals surface area contributed by atoms with Gasteiger partial charge in [0.25, 0.3) is 11.8 Å². The summed E-state index contributed by atoms with van der Waals surface area (Å²) in [4.78, 5) is 39.1. The molecule has 1 aliphatic rings. The minimum Gasteiger partial charge on any atom is -0.493 e. The number of urea groups is 1. The molecule has 1 saturated heterocycles. The minimum atomic E-state index is -0.779. The van der Waals surface area contributed by atoms with Gasteiger partial charge in [-0.1, -0.05) is 43.9 Å². The first-order valence-corrected chi connectivity index (χ1v) is 11.1. The lowest BCUT2D eigenvalue weighted by atomic mass is 10.0. The Morgan fingerprint density at radius 2 is 1.78 bits per heavy atom. The molecule has 1 N–H and O–H groups in total. The van der Waals surface area contributed by atoms with E-state index in [1.807, 2.05) is 19.9 Å². The smallest absolute Gasteiger partial charge is 0.335 e. The van der Waals surface area contributed by atoms with Crippen molar-refractivity contribution in [2.45, 2.75) is 46.5 Å². The Morgan fingerprint density at radius 3 is 2.50 bits per heavy atom. The summed E-state index contributed by atoms with van der Waals surface area (Å²) in [6.07, 6.45) is 5.66. The number of aryl methyl sites for hydroxylation is 2. The van der Waals surface area contributed by atoms with Gasteiger partial charge in [0.1, 0.15) is 11.3 Å². The van der Waals surface area contributed by atoms with Crippen LogP contribution in [0, 0.1) is 13.8 Å². The van der Waals surface area contributed by atoms with E-state index in [-0.39, 0.29) is 5.57 Å². The number of barbiturate groups is 1. The number of hydrogen-bond donors (Lipinski definition) is 1. The molecule has 0 aliphatic carbocycles. The monoisotopic (exact) mass is 454 g/mol. The molecular weight excluding hydrogens is 428 g/mol. The molecule has 0 saturated carbocycles. The Morgan fingerprint density at radius 1 is 1.00 bits per heavy atom. The predicted octanol–water partition coefficient (Wildman–Crippen LogP) is 5.58. The van der Waals surface area contributed by atoms with E-state index in [9.17, 15) is 14.4 Å². The third kappa shape index (κ3) is 5.37. The zero-order chi connectivity index (χ0) is 23.3. The largest absolute Gasteiger partial charge is 0.493 e. The highest BCUT2D eigenvalue weighted by Gasteiger charge is 2.37. The van der Waals surface area contributed by atoms with Gasteiger partial charge in [-0.25, -0.2) is 9.69 Å². The summed E-state index contributed by atoms with van der Waals surface area (Å²) in [5.41, 5.74) is 2.69. The predicted molar refractivity (Wildman–Crippen MR) is 126 cm³/mol. The van der Waals surface area contributed by atoms with Crippen LogP contribution in [0.2, 0.25) is 5.02 Å². The van der Waals surface area contributed by atoms with Gasteiger partial charge in [-0.2, -0.15) is 0 Å². The van der Waals surface area contributed by atoms with Gasteiger partial charge in [-0.3, -0.25) is 14.9 Å². The van der Waals surface area contributed by atoms with Crippen molar-refractivity contribution < 1.29 is 19.1 Å². The Labute approximate surface area is 193 Å². The number of hydrogen-bond acceptors (Lipinski definition) is 4. The molecule has 1 heterocycles. The lowest BCUT2D eigenvalue weighted by molar-refractivity contribution is -0.122. The number of rotatable bonds is 8. The number of unbranched alkanes of at least 4 members (excludes halogenated alkanes) is 3. The highest BCUT2D eigenvalue weighted by molar-refractivity contribution is 6.39. The van der Waals surface area contributed by atoms with E-state index in [1.165, 1.54) is 6.08 Å². The third-order valence-corrected chi connectivity index (χ3v) is 5.61. The van der Waals surface area contributed by atoms with Crippen molar-refractivity contribution in [3.8, 4) is 5.75 Å². The highest BCUT2D eigenvalue weighted by Crippen LogP contribution is 2.28. The summed E-state index contributed by atoms with van der Waals surface area (Å²) >= 11 is 6.15. The number of imide groups is 2. The number of halogens is 1. The second-order valence-corrected chi connectivity index (χ2v) is 8.25. The second kappa shape index (κ2) is 10.5. The SMILES string of the molecule is CCCCCCOc1ccc(Cl)cc1/C=C1/C(=O)NC(=O)N(c2ccc(C)c(C)c2)C1=O. The maximum atomic E-state index is 13.2. The van der Waals surface area contributed by atoms with Crippen LogP contribution in [0.25, 0.3) is 6.08 Å². The number of amides is 4. The molecule has 0 aromatic heterocycles. The average molecular weight is 455 g/mol. The average Bonchev–Trinajstić information content (AvgIpc) is 2.74. The Hall–Kier alpha value is -3.12. The van der Waals surface area contributed by atoms with E-state index < -0.39 is 17.8 Å². The number of carbonyl (C=O) groups is 3. The van der Waals surface area contributed by atoms with Gasteiger partial charge < -0.3 is 4.74 Å². The standard InChI is InChI=1S/C25H27ClN2O4/c1-4-5-6-7-12-32-22-11-9-19(26)14-18(22)15-21-23(29)27-25(31)28(24(21)30)20-10-8-16(2)17(3)13-20/h8-11,13-15H,4-7,12H2,1-3H3,(H,27,29,31)/b21-15-. The molecule has 7 heteroatoms. The van der Waals surface area contributed by atoms with E-state index in [1.54, 1.807) is 30.3 Å². The second-order valence-electron chi connectivity index (χ2n) is 7.82. The zero-order valence-electron chi connectivity index (χ0n) is 18.5. The number of benzene rings is 2. The van der Waals surface area contributed by atoms with Crippen molar-refractivity contribution in [1.82, 2.24) is 5.32 Å². The number of ether oxygens (including phenoxy) is 1. The quantitative estimate of drug-likeness (QED) is 0.321. The van der Waals surface area contributed by atoms with E-state index >= 15 is 0 Å². The van der Waals surface area contributed by atoms with E-state index in [4.69, 9.17) is 16.3 Å². The number of carbonyl (C=O) groups excluding carboxylic acids is 3. The van der Waals surface area contributed by atoms with Crippen molar-refractivity contribution in [2.24, 2.45) is 0 Å². The van der Waals surface area contributed by atoms with Gasteiger partial charge in [0.15, 0.2) is 0 Å². The molecule has 2 aromatic carbocycles. The summed E-state index contributed by atoms with van der Waals surface area (Å²) in [5.74, 6) is -0.932. The van der Waals surface area contributed by atoms with Crippen LogP contribution in [0.15, 0.2) is 42.0 Å². The number of anilines is 1. The van der Waals surface area contributed by atoms with Crippen LogP contribution < -0.4 is 15.0 Å². The molecule has 4 amide bonds. The van der Waals surface area contributed by atoms with Gasteiger partial charge in [0.05, 0.1) is 12.3 Å². The Kier molecular flexibility index (Phi) is 7.70. The van der Waals surface area contributed by atoms with Gasteiger partial charge in [0, 0.05) is 10.6 Å². The van der Waals surface area contributed by atoms with Gasteiger partial charge >= 0.3 is 6.03 Å². The maximum absolute atomic E-state index is 13.2. The van der Waals surface area contributed by atoms with Crippen LogP contribution in [0.3, 0.4) is 0 Å². The fourth-order valence-corrected chi connectivity index (χ4v) is 3.57. The first kappa shape index (κ1) is 23.5. The van der Waals surface area contributed by atoms with Crippen LogP contribution in [0.4, 0.5) is 10.5 Å². The van der Waals surface area contributed by atoms with Crippen LogP contribution in [-0.4, -0.2) is 24.5 Å². The normalized spacial score (nSPS) is 15.3. The molecule has 32 heavy (non-hydrogen) atoms. The summed E-state index contributed by atoms with van der Waals surface area (Å²) in [6.45, 7) is 6.49. The molecule has 6 nitrogen and oxygen atoms in total. The first-order chi connectivity index (χ1) is 15.3. The molecule has 0 bridgehead atoms. The van der Waals surface area contributed by atoms with E-state index in [0.29, 0.717) is 28.6 Å². The topological polar surface area (TPSA) is 75.7 Å². The molecule has 0 spiro atoms. The molecule has 0 atom stereocenters. The molecular formula is C25H27ClN2O4. The molecule has 1 aliphatic heterocycles. The Bertz CT molecular complexity index is 1080. The van der Waals surface area contributed by atoms with E-state index in [2.05, 4.69) is 12.2 Å². The van der Waals surface area contributed by atoms with Crippen LogP contribution >= 0.6 is 11.6 Å². The highest BCUT2D eigenvalue weighted by atomic mass is 35.5. The number of nitrogens with zero attached hydrogens (tertiary/aromatic N) is 1. The van der Waals surface area contributed by atoms with Gasteiger partial charge in [-0.15, -0.1) is 0 Å². The first-order valence-electron chi connectivity index (χ1n) is 10.7. The fraction of sp³-hybridized carbons (Fsp3) is 0.320. The maximum Gasteiger partial charge on any atom is 0.335 e. The summed E-state index contributed by atoms with van der Waals surface area (Å²) < 4.78 is 5.89. The molecule has 2 aromatic rings. The molecule has 0 unspecified atom stereocenters. The molecule has 1 fully saturated rings. The minimum absolute atomic E-state index is 0.166. The summed E-state index contributed by atoms with van der Waals surface area (Å²) in [6, 6.07) is 9.51. The summed E-state index contributed by atoms with van der Waals surface area (Å²) in [7, 11) is 0. The van der Waals surface area contributed by atoms with Crippen molar-refractivity contribution in [3.63, 3.8) is 0 Å². The van der Waals surface area contributed by atoms with E-state index in [0.717, 1.165) is 41.7 Å². The number of nitrogens with one attached hydrogen (secondary N) is 1. The molecule has 0 radical (unpaired) electrons. The van der Waals surface area contributed by atoms with Crippen molar-refractivity contribution >= 4 is 41.2 Å². The zero-order valence-corrected chi connectivity index (χ0v) is 19.3. The van der Waals surface area contributed by atoms with Crippen molar-refractivity contribution in [3.05, 3.63) is 63.7 Å². The van der Waals surface area contributed by atoms with Gasteiger partial charge in [0.2, 0.25) is 0 Å². The lowest BCUT2D eigenvalue weighted by Gasteiger charge is -2.27. The van der Waals surface area contributed by atoms with Crippen LogP contribution in [0.5, 0.6) is 5.75 Å². The Balaban J connectivity index is 1.92. The lowest BCUT2D eigenvalue weighted by Crippen LogP contribution is -2.54. The van der Waals surface area contributed by atoms with Crippen LogP contribution in [-0.2, 0) is 9.59 Å². The fourth-order valence-electron chi connectivity index (χ4n) is 3.39. The molecule has 3 rings (SSSR count).